The van der Waals surface area contributed by atoms with Gasteiger partial charge in [-0.3, -0.25) is 0 Å². The third-order valence-corrected chi connectivity index (χ3v) is 8.65. The fraction of sp³-hybridized carbons (Fsp3) is 0.550. The summed E-state index contributed by atoms with van der Waals surface area (Å²) in [7, 11) is 0. The topological polar surface area (TPSA) is 35.5 Å². The van der Waals surface area contributed by atoms with Gasteiger partial charge in [0.25, 0.3) is 0 Å². The summed E-state index contributed by atoms with van der Waals surface area (Å²) in [4.78, 5) is 12.8. The summed E-state index contributed by atoms with van der Waals surface area (Å²) in [6, 6.07) is 10.5. The molecule has 2 atom stereocenters. The van der Waals surface area contributed by atoms with Crippen molar-refractivity contribution >= 4 is 25.2 Å². The number of ketones is 1. The first-order valence-electron chi connectivity index (χ1n) is 8.74. The molecule has 0 N–H and O–H groups in total. The van der Waals surface area contributed by atoms with Gasteiger partial charge in [0.05, 0.1) is 0 Å². The van der Waals surface area contributed by atoms with Gasteiger partial charge in [0.15, 0.2) is 0 Å². The number of fused-ring (bicyclic) bond motifs is 1. The zero-order valence-corrected chi connectivity index (χ0v) is 16.1. The first kappa shape index (κ1) is 16.2. The molecule has 0 spiro atoms. The molecule has 0 aromatic heterocycles. The number of carbonyl (C=O) groups is 1. The molecule has 1 aromatic rings. The van der Waals surface area contributed by atoms with E-state index in [2.05, 4.69) is 38.1 Å². The predicted molar refractivity (Wildman–Crippen MR) is 94.2 cm³/mol. The zero-order valence-electron chi connectivity index (χ0n) is 14.3. The minimum absolute atomic E-state index is 0.0695. The fourth-order valence-electron chi connectivity index (χ4n) is 4.01. The Morgan fingerprint density at radius 3 is 2.54 bits per heavy atom. The molecule has 3 aliphatic rings. The van der Waals surface area contributed by atoms with Gasteiger partial charge < -0.3 is 0 Å². The Kier molecular flexibility index (Phi) is 4.01. The summed E-state index contributed by atoms with van der Waals surface area (Å²) in [5, 5.41) is 0. The van der Waals surface area contributed by atoms with Gasteiger partial charge in [0.1, 0.15) is 0 Å². The van der Waals surface area contributed by atoms with Gasteiger partial charge in [-0.2, -0.15) is 0 Å². The SMILES string of the molecule is CC1(C)COC(=C2C[C@@H]3CCC(=O)[C@]3([Se]c3ccccc3)C2)OC1. The molecule has 1 aromatic carbocycles. The third-order valence-electron chi connectivity index (χ3n) is 5.34. The van der Waals surface area contributed by atoms with Crippen LogP contribution in [-0.4, -0.2) is 34.0 Å². The summed E-state index contributed by atoms with van der Waals surface area (Å²) < 4.78 is 13.0. The van der Waals surface area contributed by atoms with Gasteiger partial charge >= 0.3 is 150 Å². The Balaban J connectivity index is 1.60. The van der Waals surface area contributed by atoms with E-state index in [1.165, 1.54) is 10.0 Å². The van der Waals surface area contributed by atoms with Crippen LogP contribution in [0.25, 0.3) is 0 Å². The van der Waals surface area contributed by atoms with E-state index < -0.39 is 0 Å². The maximum atomic E-state index is 12.8. The second kappa shape index (κ2) is 5.93. The van der Waals surface area contributed by atoms with E-state index >= 15 is 0 Å². The molecule has 2 saturated carbocycles. The first-order valence-corrected chi connectivity index (χ1v) is 10.4. The van der Waals surface area contributed by atoms with Gasteiger partial charge in [-0.25, -0.2) is 0 Å². The van der Waals surface area contributed by atoms with Crippen molar-refractivity contribution in [1.29, 1.82) is 0 Å². The van der Waals surface area contributed by atoms with Crippen LogP contribution in [0.1, 0.15) is 39.5 Å². The summed E-state index contributed by atoms with van der Waals surface area (Å²) >= 11 is 0.169. The fourth-order valence-corrected chi connectivity index (χ4v) is 7.25. The molecule has 1 saturated heterocycles. The number of Topliss-reactive ketones (excluding diaryl/α,β-unsaturated/α-hetero) is 1. The average molecular weight is 391 g/mol. The molecule has 24 heavy (non-hydrogen) atoms. The van der Waals surface area contributed by atoms with Crippen LogP contribution in [0.3, 0.4) is 0 Å². The number of benzene rings is 1. The molecule has 128 valence electrons. The van der Waals surface area contributed by atoms with E-state index in [4.69, 9.17) is 9.47 Å². The Bertz CT molecular complexity index is 667. The normalized spacial score (nSPS) is 31.6. The maximum absolute atomic E-state index is 12.8. The van der Waals surface area contributed by atoms with Crippen LogP contribution in [0.15, 0.2) is 41.9 Å². The standard InChI is InChI=1S/C20H24O3Se/c1-19(2)12-22-18(23-13-19)14-10-15-8-9-17(21)20(15,11-14)24-16-6-4-3-5-7-16/h3-7,15H,8-13H2,1-2H3/t15-,20-/m0/s1. The van der Waals surface area contributed by atoms with Crippen LogP contribution in [-0.2, 0) is 14.3 Å². The average Bonchev–Trinajstić information content (AvgIpc) is 3.05. The van der Waals surface area contributed by atoms with Crippen molar-refractivity contribution in [1.82, 2.24) is 0 Å². The second-order valence-electron chi connectivity index (χ2n) is 7.98. The molecule has 1 heterocycles. The number of allylic oxidation sites excluding steroid dienone is 1. The molecule has 4 rings (SSSR count). The van der Waals surface area contributed by atoms with Crippen molar-refractivity contribution in [3.8, 4) is 0 Å². The molecule has 0 unspecified atom stereocenters. The van der Waals surface area contributed by atoms with Crippen molar-refractivity contribution in [3.05, 3.63) is 41.9 Å². The van der Waals surface area contributed by atoms with E-state index in [0.29, 0.717) is 24.9 Å². The molecule has 1 aliphatic heterocycles. The van der Waals surface area contributed by atoms with Gasteiger partial charge in [-0.1, -0.05) is 0 Å². The van der Waals surface area contributed by atoms with Gasteiger partial charge in [-0.05, 0) is 0 Å². The Morgan fingerprint density at radius 2 is 1.83 bits per heavy atom. The van der Waals surface area contributed by atoms with E-state index in [-0.39, 0.29) is 24.7 Å². The third kappa shape index (κ3) is 2.80. The van der Waals surface area contributed by atoms with Crippen molar-refractivity contribution in [2.24, 2.45) is 11.3 Å². The van der Waals surface area contributed by atoms with Crippen LogP contribution < -0.4 is 4.46 Å². The molecule has 4 heteroatoms. The van der Waals surface area contributed by atoms with Crippen LogP contribution in [0, 0.1) is 11.3 Å². The van der Waals surface area contributed by atoms with Crippen molar-refractivity contribution in [2.75, 3.05) is 13.2 Å². The van der Waals surface area contributed by atoms with E-state index in [9.17, 15) is 4.79 Å². The van der Waals surface area contributed by atoms with E-state index in [1.807, 2.05) is 6.07 Å². The minimum atomic E-state index is -0.170. The van der Waals surface area contributed by atoms with Gasteiger partial charge in [-0.15, -0.1) is 0 Å². The van der Waals surface area contributed by atoms with Crippen molar-refractivity contribution in [2.45, 2.75) is 43.8 Å². The molecule has 3 nitrogen and oxygen atoms in total. The number of rotatable bonds is 2. The Morgan fingerprint density at radius 1 is 1.12 bits per heavy atom. The van der Waals surface area contributed by atoms with Crippen molar-refractivity contribution < 1.29 is 14.3 Å². The predicted octanol–water partition coefficient (Wildman–Crippen LogP) is 3.23. The molecular weight excluding hydrogens is 367 g/mol. The quantitative estimate of drug-likeness (QED) is 0.727. The summed E-state index contributed by atoms with van der Waals surface area (Å²) in [5.41, 5.74) is 1.31. The molecule has 0 amide bonds. The molecular formula is C20H24O3Se. The van der Waals surface area contributed by atoms with Crippen molar-refractivity contribution in [3.63, 3.8) is 0 Å². The molecule has 0 radical (unpaired) electrons. The summed E-state index contributed by atoms with van der Waals surface area (Å²) in [6.07, 6.45) is 3.57. The van der Waals surface area contributed by atoms with Crippen LogP contribution in [0.2, 0.25) is 4.31 Å². The molecule has 0 bridgehead atoms. The Labute approximate surface area is 150 Å². The number of ether oxygens (including phenoxy) is 2. The molecule has 2 aliphatic carbocycles. The Hall–Kier alpha value is -1.25. The summed E-state index contributed by atoms with van der Waals surface area (Å²) in [6.45, 7) is 5.70. The van der Waals surface area contributed by atoms with E-state index in [0.717, 1.165) is 31.6 Å². The summed E-state index contributed by atoms with van der Waals surface area (Å²) in [5.74, 6) is 1.65. The van der Waals surface area contributed by atoms with Gasteiger partial charge in [0.2, 0.25) is 0 Å². The monoisotopic (exact) mass is 392 g/mol. The van der Waals surface area contributed by atoms with Crippen LogP contribution >= 0.6 is 0 Å². The van der Waals surface area contributed by atoms with Crippen LogP contribution in [0.4, 0.5) is 0 Å². The number of hydrogen-bond donors (Lipinski definition) is 0. The molecule has 3 fully saturated rings. The second-order valence-corrected chi connectivity index (χ2v) is 10.9. The number of hydrogen-bond acceptors (Lipinski definition) is 3. The van der Waals surface area contributed by atoms with E-state index in [1.54, 1.807) is 0 Å². The van der Waals surface area contributed by atoms with Gasteiger partial charge in [0, 0.05) is 0 Å². The van der Waals surface area contributed by atoms with Crippen LogP contribution in [0.5, 0.6) is 0 Å². The first-order chi connectivity index (χ1) is 11.5. The number of carbonyl (C=O) groups excluding carboxylic acids is 1. The zero-order chi connectivity index (χ0) is 16.8.